The predicted octanol–water partition coefficient (Wildman–Crippen LogP) is 0.903. The van der Waals surface area contributed by atoms with E-state index in [1.54, 1.807) is 6.92 Å². The van der Waals surface area contributed by atoms with Crippen molar-refractivity contribution in [3.8, 4) is 0 Å². The van der Waals surface area contributed by atoms with Crippen LogP contribution in [-0.4, -0.2) is 53.6 Å². The molecule has 8 nitrogen and oxygen atoms in total. The van der Waals surface area contributed by atoms with E-state index >= 15 is 0 Å². The third kappa shape index (κ3) is 4.56. The summed E-state index contributed by atoms with van der Waals surface area (Å²) < 4.78 is 10.1. The van der Waals surface area contributed by atoms with Crippen molar-refractivity contribution in [3.63, 3.8) is 0 Å². The minimum atomic E-state index is -0.900. The van der Waals surface area contributed by atoms with Gasteiger partial charge in [-0.25, -0.2) is 0 Å². The third-order valence-corrected chi connectivity index (χ3v) is 3.75. The second kappa shape index (κ2) is 7.94. The fraction of sp³-hybridized carbons (Fsp3) is 0.625. The van der Waals surface area contributed by atoms with Crippen molar-refractivity contribution in [2.45, 2.75) is 39.7 Å². The lowest BCUT2D eigenvalue weighted by atomic mass is 10.1. The molecule has 1 aromatic heterocycles. The number of nitrogens with one attached hydrogen (secondary N) is 1. The lowest BCUT2D eigenvalue weighted by Gasteiger charge is -2.33. The molecule has 8 heteroatoms. The summed E-state index contributed by atoms with van der Waals surface area (Å²) in [5.41, 5.74) is 0.574. The van der Waals surface area contributed by atoms with Gasteiger partial charge in [0.1, 0.15) is 6.04 Å². The molecule has 0 radical (unpaired) electrons. The zero-order valence-electron chi connectivity index (χ0n) is 14.2. The molecule has 1 aromatic rings. The Morgan fingerprint density at radius 2 is 2.25 bits per heavy atom. The van der Waals surface area contributed by atoms with Gasteiger partial charge in [-0.3, -0.25) is 14.4 Å². The first-order valence-electron chi connectivity index (χ1n) is 8.06. The number of ether oxygens (including phenoxy) is 1. The molecule has 2 amide bonds. The maximum atomic E-state index is 12.5. The number of hydrogen-bond acceptors (Lipinski definition) is 6. The first-order chi connectivity index (χ1) is 11.4. The molecule has 0 aliphatic carbocycles. The molecule has 1 fully saturated rings. The standard InChI is InChI=1S/C16H23N3O5/c1-10(2)4-7-23-14(20)9-12-15(21)17-5-6-19(12)16(22)13-8-11(3)18-24-13/h8,10,12H,4-7,9H2,1-3H3,(H,17,21). The topological polar surface area (TPSA) is 102 Å². The zero-order valence-corrected chi connectivity index (χ0v) is 14.2. The van der Waals surface area contributed by atoms with E-state index in [0.717, 1.165) is 6.42 Å². The third-order valence-electron chi connectivity index (χ3n) is 3.75. The van der Waals surface area contributed by atoms with E-state index in [-0.39, 0.29) is 18.1 Å². The number of aryl methyl sites for hydroxylation is 1. The number of amides is 2. The monoisotopic (exact) mass is 337 g/mol. The lowest BCUT2D eigenvalue weighted by Crippen LogP contribution is -2.57. The van der Waals surface area contributed by atoms with E-state index in [1.165, 1.54) is 11.0 Å². The quantitative estimate of drug-likeness (QED) is 0.774. The van der Waals surface area contributed by atoms with Crippen LogP contribution < -0.4 is 5.32 Å². The van der Waals surface area contributed by atoms with Gasteiger partial charge < -0.3 is 19.5 Å². The van der Waals surface area contributed by atoms with Crippen LogP contribution in [0.2, 0.25) is 0 Å². The molecule has 1 unspecified atom stereocenters. The Balaban J connectivity index is 2.02. The molecule has 132 valence electrons. The van der Waals surface area contributed by atoms with Gasteiger partial charge in [0, 0.05) is 19.2 Å². The van der Waals surface area contributed by atoms with E-state index in [9.17, 15) is 14.4 Å². The Morgan fingerprint density at radius 1 is 1.50 bits per heavy atom. The van der Waals surface area contributed by atoms with Gasteiger partial charge in [0.15, 0.2) is 0 Å². The van der Waals surface area contributed by atoms with Gasteiger partial charge in [-0.1, -0.05) is 19.0 Å². The van der Waals surface area contributed by atoms with Crippen molar-refractivity contribution in [2.75, 3.05) is 19.7 Å². The number of carbonyl (C=O) groups is 3. The van der Waals surface area contributed by atoms with Gasteiger partial charge in [0.25, 0.3) is 5.91 Å². The smallest absolute Gasteiger partial charge is 0.308 e. The van der Waals surface area contributed by atoms with Crippen LogP contribution in [0.15, 0.2) is 10.6 Å². The van der Waals surface area contributed by atoms with E-state index in [0.29, 0.717) is 31.3 Å². The molecular formula is C16H23N3O5. The molecule has 2 rings (SSSR count). The molecule has 1 aliphatic rings. The molecule has 1 saturated heterocycles. The fourth-order valence-electron chi connectivity index (χ4n) is 2.39. The first-order valence-corrected chi connectivity index (χ1v) is 8.06. The molecule has 0 bridgehead atoms. The average Bonchev–Trinajstić information content (AvgIpc) is 2.95. The Labute approximate surface area is 140 Å². The zero-order chi connectivity index (χ0) is 17.7. The number of piperazine rings is 1. The van der Waals surface area contributed by atoms with Gasteiger partial charge >= 0.3 is 5.97 Å². The highest BCUT2D eigenvalue weighted by Gasteiger charge is 2.36. The van der Waals surface area contributed by atoms with Crippen molar-refractivity contribution in [2.24, 2.45) is 5.92 Å². The normalized spacial score (nSPS) is 17.8. The van der Waals surface area contributed by atoms with Crippen LogP contribution in [0.4, 0.5) is 0 Å². The van der Waals surface area contributed by atoms with E-state index in [4.69, 9.17) is 9.26 Å². The second-order valence-corrected chi connectivity index (χ2v) is 6.25. The molecule has 1 N–H and O–H groups in total. The fourth-order valence-corrected chi connectivity index (χ4v) is 2.39. The van der Waals surface area contributed by atoms with Crippen molar-refractivity contribution < 1.29 is 23.6 Å². The van der Waals surface area contributed by atoms with Crippen LogP contribution in [0.1, 0.15) is 42.9 Å². The number of hydrogen-bond donors (Lipinski definition) is 1. The van der Waals surface area contributed by atoms with Crippen LogP contribution in [0, 0.1) is 12.8 Å². The van der Waals surface area contributed by atoms with Crippen molar-refractivity contribution in [1.29, 1.82) is 0 Å². The highest BCUT2D eigenvalue weighted by molar-refractivity contribution is 5.97. The Hall–Kier alpha value is -2.38. The molecule has 2 heterocycles. The Kier molecular flexibility index (Phi) is 5.94. The summed E-state index contributed by atoms with van der Waals surface area (Å²) in [5, 5.41) is 6.35. The summed E-state index contributed by atoms with van der Waals surface area (Å²) in [5.74, 6) is -0.842. The summed E-state index contributed by atoms with van der Waals surface area (Å²) >= 11 is 0. The summed E-state index contributed by atoms with van der Waals surface area (Å²) in [7, 11) is 0. The molecule has 1 atom stereocenters. The summed E-state index contributed by atoms with van der Waals surface area (Å²) in [6.45, 7) is 6.70. The molecule has 0 saturated carbocycles. The van der Waals surface area contributed by atoms with Crippen LogP contribution in [0.5, 0.6) is 0 Å². The highest BCUT2D eigenvalue weighted by atomic mass is 16.5. The van der Waals surface area contributed by atoms with Gasteiger partial charge in [-0.05, 0) is 19.3 Å². The number of carbonyl (C=O) groups excluding carboxylic acids is 3. The van der Waals surface area contributed by atoms with Gasteiger partial charge in [-0.15, -0.1) is 0 Å². The molecule has 0 spiro atoms. The predicted molar refractivity (Wildman–Crippen MR) is 84.1 cm³/mol. The van der Waals surface area contributed by atoms with E-state index < -0.39 is 17.9 Å². The van der Waals surface area contributed by atoms with Crippen LogP contribution >= 0.6 is 0 Å². The number of aromatic nitrogens is 1. The summed E-state index contributed by atoms with van der Waals surface area (Å²) in [6.07, 6.45) is 0.575. The minimum absolute atomic E-state index is 0.0559. The van der Waals surface area contributed by atoms with E-state index in [2.05, 4.69) is 10.5 Å². The second-order valence-electron chi connectivity index (χ2n) is 6.25. The van der Waals surface area contributed by atoms with Crippen LogP contribution in [0.25, 0.3) is 0 Å². The van der Waals surface area contributed by atoms with Crippen molar-refractivity contribution in [3.05, 3.63) is 17.5 Å². The molecular weight excluding hydrogens is 314 g/mol. The maximum Gasteiger partial charge on any atom is 0.308 e. The number of rotatable bonds is 6. The van der Waals surface area contributed by atoms with Crippen LogP contribution in [0.3, 0.4) is 0 Å². The highest BCUT2D eigenvalue weighted by Crippen LogP contribution is 2.15. The molecule has 1 aliphatic heterocycles. The minimum Gasteiger partial charge on any atom is -0.466 e. The average molecular weight is 337 g/mol. The first kappa shape index (κ1) is 18.0. The molecule has 0 aromatic carbocycles. The maximum absolute atomic E-state index is 12.5. The number of nitrogens with zero attached hydrogens (tertiary/aromatic N) is 2. The Morgan fingerprint density at radius 3 is 2.88 bits per heavy atom. The lowest BCUT2D eigenvalue weighted by molar-refractivity contribution is -0.148. The van der Waals surface area contributed by atoms with Crippen LogP contribution in [-0.2, 0) is 14.3 Å². The number of esters is 1. The van der Waals surface area contributed by atoms with Gasteiger partial charge in [0.05, 0.1) is 18.7 Å². The largest absolute Gasteiger partial charge is 0.466 e. The van der Waals surface area contributed by atoms with Crippen molar-refractivity contribution in [1.82, 2.24) is 15.4 Å². The SMILES string of the molecule is Cc1cc(C(=O)N2CCNC(=O)C2CC(=O)OCCC(C)C)on1. The molecule has 24 heavy (non-hydrogen) atoms. The summed E-state index contributed by atoms with van der Waals surface area (Å²) in [4.78, 5) is 37.9. The van der Waals surface area contributed by atoms with Crippen molar-refractivity contribution >= 4 is 17.8 Å². The Bertz CT molecular complexity index is 611. The van der Waals surface area contributed by atoms with Gasteiger partial charge in [-0.2, -0.15) is 0 Å². The van der Waals surface area contributed by atoms with E-state index in [1.807, 2.05) is 13.8 Å². The summed E-state index contributed by atoms with van der Waals surface area (Å²) in [6, 6.07) is 0.607. The van der Waals surface area contributed by atoms with Gasteiger partial charge in [0.2, 0.25) is 11.7 Å².